The van der Waals surface area contributed by atoms with Crippen molar-refractivity contribution in [3.8, 4) is 0 Å². The average molecular weight is 340 g/mol. The van der Waals surface area contributed by atoms with Crippen molar-refractivity contribution in [1.29, 1.82) is 0 Å². The Kier molecular flexibility index (Phi) is 4.71. The molecule has 1 aromatic carbocycles. The molecule has 5 heteroatoms. The van der Waals surface area contributed by atoms with E-state index in [1.807, 2.05) is 37.7 Å². The first-order valence-electron chi connectivity index (χ1n) is 6.16. The minimum absolute atomic E-state index is 0.0545. The van der Waals surface area contributed by atoms with Gasteiger partial charge in [-0.15, -0.1) is 0 Å². The van der Waals surface area contributed by atoms with Gasteiger partial charge in [-0.25, -0.2) is 0 Å². The van der Waals surface area contributed by atoms with Crippen LogP contribution in [0.1, 0.15) is 23.4 Å². The van der Waals surface area contributed by atoms with E-state index in [1.54, 1.807) is 11.8 Å². The summed E-state index contributed by atoms with van der Waals surface area (Å²) in [6.45, 7) is 4.05. The second-order valence-corrected chi connectivity index (χ2v) is 6.68. The number of hydrogen-bond donors (Lipinski definition) is 1. The van der Waals surface area contributed by atoms with Gasteiger partial charge in [0.15, 0.2) is 0 Å². The van der Waals surface area contributed by atoms with Gasteiger partial charge in [-0.2, -0.15) is 5.10 Å². The van der Waals surface area contributed by atoms with E-state index >= 15 is 0 Å². The predicted molar refractivity (Wildman–Crippen MR) is 84.3 cm³/mol. The minimum atomic E-state index is 0.0545. The summed E-state index contributed by atoms with van der Waals surface area (Å²) in [5.41, 5.74) is 8.42. The highest BCUT2D eigenvalue weighted by molar-refractivity contribution is 9.10. The lowest BCUT2D eigenvalue weighted by molar-refractivity contribution is 0.679. The minimum Gasteiger partial charge on any atom is -0.327 e. The summed E-state index contributed by atoms with van der Waals surface area (Å²) in [4.78, 5) is 0. The third-order valence-electron chi connectivity index (χ3n) is 2.90. The zero-order chi connectivity index (χ0) is 14.0. The summed E-state index contributed by atoms with van der Waals surface area (Å²) in [6.07, 6.45) is 0. The number of nitrogens with zero attached hydrogens (tertiary/aromatic N) is 2. The third kappa shape index (κ3) is 3.41. The molecule has 0 saturated carbocycles. The summed E-state index contributed by atoms with van der Waals surface area (Å²) in [5.74, 6) is 0. The molecule has 0 amide bonds. The second kappa shape index (κ2) is 6.11. The maximum Gasteiger partial charge on any atom is 0.0945 e. The lowest BCUT2D eigenvalue weighted by Crippen LogP contribution is -2.23. The van der Waals surface area contributed by atoms with E-state index in [2.05, 4.69) is 39.2 Å². The molecule has 0 aliphatic heterocycles. The summed E-state index contributed by atoms with van der Waals surface area (Å²) >= 11 is 5.37. The summed E-state index contributed by atoms with van der Waals surface area (Å²) in [5, 5.41) is 5.72. The van der Waals surface area contributed by atoms with Crippen molar-refractivity contribution in [3.63, 3.8) is 0 Å². The fourth-order valence-electron chi connectivity index (χ4n) is 1.99. The van der Waals surface area contributed by atoms with Crippen molar-refractivity contribution < 1.29 is 0 Å². The monoisotopic (exact) mass is 339 g/mol. The average Bonchev–Trinajstić information content (AvgIpc) is 2.65. The van der Waals surface area contributed by atoms with Crippen LogP contribution in [0, 0.1) is 6.92 Å². The fraction of sp³-hybridized carbons (Fsp3) is 0.357. The van der Waals surface area contributed by atoms with Gasteiger partial charge in [-0.1, -0.05) is 45.9 Å². The van der Waals surface area contributed by atoms with Crippen molar-refractivity contribution in [2.75, 3.05) is 0 Å². The van der Waals surface area contributed by atoms with E-state index in [4.69, 9.17) is 5.73 Å². The molecule has 3 nitrogen and oxygen atoms in total. The van der Waals surface area contributed by atoms with Crippen LogP contribution in [0.15, 0.2) is 39.8 Å². The number of hydrogen-bond acceptors (Lipinski definition) is 3. The Hall–Kier alpha value is -0.780. The Morgan fingerprint density at radius 1 is 1.37 bits per heavy atom. The van der Waals surface area contributed by atoms with Gasteiger partial charge < -0.3 is 5.73 Å². The number of thioether (sulfide) groups is 1. The van der Waals surface area contributed by atoms with E-state index < -0.39 is 0 Å². The first-order chi connectivity index (χ1) is 8.99. The second-order valence-electron chi connectivity index (χ2n) is 4.67. The Morgan fingerprint density at radius 2 is 2.05 bits per heavy atom. The summed E-state index contributed by atoms with van der Waals surface area (Å²) < 4.78 is 3.01. The molecule has 2 aromatic rings. The highest BCUT2D eigenvalue weighted by atomic mass is 79.9. The van der Waals surface area contributed by atoms with Crippen LogP contribution in [0.4, 0.5) is 0 Å². The van der Waals surface area contributed by atoms with Crippen LogP contribution in [0.5, 0.6) is 0 Å². The van der Waals surface area contributed by atoms with Gasteiger partial charge in [-0.05, 0) is 31.5 Å². The molecular formula is C14H18BrN3S. The van der Waals surface area contributed by atoms with E-state index in [0.717, 1.165) is 15.2 Å². The summed E-state index contributed by atoms with van der Waals surface area (Å²) in [6, 6.07) is 10.4. The molecule has 0 aliphatic carbocycles. The van der Waals surface area contributed by atoms with Crippen molar-refractivity contribution in [2.45, 2.75) is 30.2 Å². The van der Waals surface area contributed by atoms with E-state index in [9.17, 15) is 0 Å². The molecule has 1 aromatic heterocycles. The molecule has 0 spiro atoms. The molecule has 1 heterocycles. The Balaban J connectivity index is 2.32. The Labute approximate surface area is 126 Å². The maximum atomic E-state index is 6.17. The topological polar surface area (TPSA) is 43.8 Å². The van der Waals surface area contributed by atoms with Crippen molar-refractivity contribution >= 4 is 27.7 Å². The Bertz CT molecular complexity index is 566. The van der Waals surface area contributed by atoms with Crippen molar-refractivity contribution in [2.24, 2.45) is 12.8 Å². The molecule has 19 heavy (non-hydrogen) atoms. The van der Waals surface area contributed by atoms with Gasteiger partial charge in [0.2, 0.25) is 0 Å². The molecular weight excluding hydrogens is 322 g/mol. The van der Waals surface area contributed by atoms with Crippen LogP contribution in [-0.2, 0) is 7.05 Å². The van der Waals surface area contributed by atoms with Crippen molar-refractivity contribution in [1.82, 2.24) is 9.78 Å². The lowest BCUT2D eigenvalue weighted by atomic mass is 10.1. The molecule has 2 N–H and O–H groups in total. The normalized spacial score (nSPS) is 14.4. The number of halogens is 1. The number of benzene rings is 1. The van der Waals surface area contributed by atoms with E-state index in [1.165, 1.54) is 5.56 Å². The number of aryl methyl sites for hydroxylation is 2. The smallest absolute Gasteiger partial charge is 0.0945 e. The maximum absolute atomic E-state index is 6.17. The van der Waals surface area contributed by atoms with Crippen molar-refractivity contribution in [3.05, 3.63) is 46.1 Å². The van der Waals surface area contributed by atoms with Gasteiger partial charge in [0.1, 0.15) is 0 Å². The third-order valence-corrected chi connectivity index (χ3v) is 5.18. The van der Waals surface area contributed by atoms with Crippen LogP contribution < -0.4 is 5.73 Å². The van der Waals surface area contributed by atoms with Crippen LogP contribution in [0.25, 0.3) is 0 Å². The lowest BCUT2D eigenvalue weighted by Gasteiger charge is -2.21. The Morgan fingerprint density at radius 3 is 2.58 bits per heavy atom. The number of aromatic nitrogens is 2. The molecule has 2 atom stereocenters. The first kappa shape index (κ1) is 14.6. The standard InChI is InChI=1S/C14H18BrN3S/c1-9-8-13(18(3)17-9)19-14(10(2)16)11-6-4-5-7-12(11)15/h4-8,10,14H,16H2,1-3H3. The molecule has 0 radical (unpaired) electrons. The van der Waals surface area contributed by atoms with Crippen LogP contribution in [0.3, 0.4) is 0 Å². The zero-order valence-electron chi connectivity index (χ0n) is 11.3. The molecule has 102 valence electrons. The molecule has 2 rings (SSSR count). The molecule has 0 bridgehead atoms. The highest BCUT2D eigenvalue weighted by Crippen LogP contribution is 2.40. The van der Waals surface area contributed by atoms with Gasteiger partial charge >= 0.3 is 0 Å². The SMILES string of the molecule is Cc1cc(SC(c2ccccc2Br)C(C)N)n(C)n1. The van der Waals surface area contributed by atoms with E-state index in [0.29, 0.717) is 0 Å². The quantitative estimate of drug-likeness (QED) is 0.864. The van der Waals surface area contributed by atoms with E-state index in [-0.39, 0.29) is 11.3 Å². The van der Waals surface area contributed by atoms with Crippen LogP contribution in [-0.4, -0.2) is 15.8 Å². The van der Waals surface area contributed by atoms with Gasteiger partial charge in [0.25, 0.3) is 0 Å². The predicted octanol–water partition coefficient (Wildman–Crippen LogP) is 3.67. The van der Waals surface area contributed by atoms with Gasteiger partial charge in [0.05, 0.1) is 16.0 Å². The van der Waals surface area contributed by atoms with Crippen LogP contribution in [0.2, 0.25) is 0 Å². The molecule has 0 aliphatic rings. The van der Waals surface area contributed by atoms with Gasteiger partial charge in [0, 0.05) is 17.6 Å². The molecule has 2 unspecified atom stereocenters. The molecule has 0 fully saturated rings. The fourth-order valence-corrected chi connectivity index (χ4v) is 3.91. The first-order valence-corrected chi connectivity index (χ1v) is 7.83. The zero-order valence-corrected chi connectivity index (χ0v) is 13.7. The largest absolute Gasteiger partial charge is 0.327 e. The molecule has 0 saturated heterocycles. The number of nitrogens with two attached hydrogens (primary N) is 1. The van der Waals surface area contributed by atoms with Crippen LogP contribution >= 0.6 is 27.7 Å². The summed E-state index contributed by atoms with van der Waals surface area (Å²) in [7, 11) is 1.97. The highest BCUT2D eigenvalue weighted by Gasteiger charge is 2.21. The number of rotatable bonds is 4. The van der Waals surface area contributed by atoms with Gasteiger partial charge in [-0.3, -0.25) is 4.68 Å².